The minimum Gasteiger partial charge on any atom is -0.394 e. The van der Waals surface area contributed by atoms with E-state index in [-0.39, 0.29) is 0 Å². The van der Waals surface area contributed by atoms with Crippen LogP contribution in [0, 0.1) is 0 Å². The molecule has 1 saturated heterocycles. The molecule has 0 spiro atoms. The Balaban J connectivity index is 1.86. The molecule has 0 amide bonds. The van der Waals surface area contributed by atoms with Gasteiger partial charge in [0.25, 0.3) is 0 Å². The molecule has 3 unspecified atom stereocenters. The maximum Gasteiger partial charge on any atom is 0.112 e. The van der Waals surface area contributed by atoms with Crippen molar-refractivity contribution in [1.29, 1.82) is 0 Å². The largest absolute Gasteiger partial charge is 0.394 e. The Morgan fingerprint density at radius 1 is 1.15 bits per heavy atom. The molecule has 144 valence electrons. The molecule has 2 aliphatic rings. The van der Waals surface area contributed by atoms with Crippen LogP contribution in [0.4, 0.5) is 0 Å². The average molecular weight is 401 g/mol. The molecule has 1 fully saturated rings. The average Bonchev–Trinajstić information content (AvgIpc) is 2.94. The van der Waals surface area contributed by atoms with Crippen LogP contribution < -0.4 is 0 Å². The van der Waals surface area contributed by atoms with E-state index < -0.39 is 37.1 Å². The number of ether oxygens (including phenoxy) is 1. The van der Waals surface area contributed by atoms with Gasteiger partial charge in [-0.15, -0.1) is 11.3 Å². The first-order valence-corrected chi connectivity index (χ1v) is 10.0. The Labute approximate surface area is 162 Å². The minimum atomic E-state index is -1.35. The molecule has 1 aliphatic heterocycles. The van der Waals surface area contributed by atoms with Gasteiger partial charge in [0.1, 0.15) is 30.5 Å². The highest BCUT2D eigenvalue weighted by Gasteiger charge is 2.44. The summed E-state index contributed by atoms with van der Waals surface area (Å²) < 4.78 is 6.50. The Morgan fingerprint density at radius 2 is 1.92 bits per heavy atom. The van der Waals surface area contributed by atoms with Gasteiger partial charge in [-0.2, -0.15) is 0 Å². The molecule has 0 radical (unpaired) electrons. The van der Waals surface area contributed by atoms with Crippen LogP contribution in [0.25, 0.3) is 0 Å². The summed E-state index contributed by atoms with van der Waals surface area (Å²) in [7, 11) is 0. The van der Waals surface area contributed by atoms with Crippen molar-refractivity contribution in [2.75, 3.05) is 6.61 Å². The molecule has 3 rings (SSSR count). The van der Waals surface area contributed by atoms with Crippen LogP contribution >= 0.6 is 22.9 Å². The topological polar surface area (TPSA) is 90.2 Å². The van der Waals surface area contributed by atoms with Gasteiger partial charge >= 0.3 is 0 Å². The molecule has 0 aromatic carbocycles. The second-order valence-corrected chi connectivity index (χ2v) is 8.81. The third-order valence-corrected chi connectivity index (χ3v) is 6.41. The molecule has 1 aromatic rings. The summed E-state index contributed by atoms with van der Waals surface area (Å²) in [6.45, 7) is 1.70. The Hall–Kier alpha value is -0.730. The first-order valence-electron chi connectivity index (χ1n) is 8.84. The second kappa shape index (κ2) is 8.52. The molecule has 0 saturated carbocycles. The van der Waals surface area contributed by atoms with Crippen LogP contribution in [0.2, 0.25) is 4.34 Å². The van der Waals surface area contributed by atoms with Crippen molar-refractivity contribution in [2.45, 2.75) is 63.1 Å². The fourth-order valence-corrected chi connectivity index (χ4v) is 4.72. The van der Waals surface area contributed by atoms with Crippen LogP contribution in [0.5, 0.6) is 0 Å². The zero-order valence-corrected chi connectivity index (χ0v) is 16.2. The molecule has 5 atom stereocenters. The molecular weight excluding hydrogens is 376 g/mol. The van der Waals surface area contributed by atoms with Crippen molar-refractivity contribution < 1.29 is 25.2 Å². The van der Waals surface area contributed by atoms with E-state index in [9.17, 15) is 20.4 Å². The van der Waals surface area contributed by atoms with Gasteiger partial charge in [0.15, 0.2) is 0 Å². The lowest BCUT2D eigenvalue weighted by Gasteiger charge is -2.41. The van der Waals surface area contributed by atoms with E-state index in [1.54, 1.807) is 11.3 Å². The number of thiophene rings is 1. The molecule has 7 heteroatoms. The number of hydrogen-bond acceptors (Lipinski definition) is 6. The van der Waals surface area contributed by atoms with E-state index in [2.05, 4.69) is 6.92 Å². The van der Waals surface area contributed by atoms with Crippen LogP contribution in [0.1, 0.15) is 31.1 Å². The first kappa shape index (κ1) is 20.0. The van der Waals surface area contributed by atoms with Gasteiger partial charge in [-0.05, 0) is 49.5 Å². The molecule has 26 heavy (non-hydrogen) atoms. The Kier molecular flexibility index (Phi) is 6.56. The van der Waals surface area contributed by atoms with Gasteiger partial charge in [0, 0.05) is 11.3 Å². The van der Waals surface area contributed by atoms with Gasteiger partial charge in [-0.3, -0.25) is 0 Å². The minimum absolute atomic E-state index is 0.413. The van der Waals surface area contributed by atoms with E-state index in [1.165, 1.54) is 5.57 Å². The molecule has 1 aromatic heterocycles. The van der Waals surface area contributed by atoms with Gasteiger partial charge in [0.2, 0.25) is 0 Å². The lowest BCUT2D eigenvalue weighted by molar-refractivity contribution is -0.219. The summed E-state index contributed by atoms with van der Waals surface area (Å²) in [5.74, 6) is 0. The lowest BCUT2D eigenvalue weighted by atomic mass is 9.89. The number of rotatable bonds is 4. The Bertz CT molecular complexity index is 696. The zero-order valence-electron chi connectivity index (χ0n) is 14.6. The second-order valence-electron chi connectivity index (χ2n) is 7.01. The van der Waals surface area contributed by atoms with E-state index in [1.807, 2.05) is 18.2 Å². The normalized spacial score (nSPS) is 33.2. The number of halogens is 1. The van der Waals surface area contributed by atoms with Crippen molar-refractivity contribution in [3.05, 3.63) is 44.1 Å². The third-order valence-electron chi connectivity index (χ3n) is 5.18. The highest BCUT2D eigenvalue weighted by Crippen LogP contribution is 2.34. The highest BCUT2D eigenvalue weighted by atomic mass is 35.5. The highest BCUT2D eigenvalue weighted by molar-refractivity contribution is 7.16. The number of aliphatic hydroxyl groups is 4. The van der Waals surface area contributed by atoms with Gasteiger partial charge < -0.3 is 25.2 Å². The molecule has 4 N–H and O–H groups in total. The van der Waals surface area contributed by atoms with Gasteiger partial charge in [-0.25, -0.2) is 0 Å². The monoisotopic (exact) mass is 400 g/mol. The van der Waals surface area contributed by atoms with Crippen molar-refractivity contribution in [3.63, 3.8) is 0 Å². The fraction of sp³-hybridized carbons (Fsp3) is 0.579. The van der Waals surface area contributed by atoms with Crippen molar-refractivity contribution >= 4 is 22.9 Å². The summed E-state index contributed by atoms with van der Waals surface area (Å²) in [4.78, 5) is 1.16. The first-order chi connectivity index (χ1) is 12.4. The predicted octanol–water partition coefficient (Wildman–Crippen LogP) is 2.21. The SMILES string of the molecule is CC1=C(Cc2ccc(Cl)s2)C=C(C2OC(CO)[C@@H](O)C(O)[C@H]2O)CCC1. The van der Waals surface area contributed by atoms with Crippen LogP contribution in [0.15, 0.2) is 34.9 Å². The maximum absolute atomic E-state index is 10.4. The summed E-state index contributed by atoms with van der Waals surface area (Å²) in [6, 6.07) is 3.90. The van der Waals surface area contributed by atoms with Crippen molar-refractivity contribution in [3.8, 4) is 0 Å². The quantitative estimate of drug-likeness (QED) is 0.622. The molecule has 5 nitrogen and oxygen atoms in total. The Morgan fingerprint density at radius 3 is 2.58 bits per heavy atom. The molecule has 0 bridgehead atoms. The molecule has 1 aliphatic carbocycles. The maximum atomic E-state index is 10.4. The fourth-order valence-electron chi connectivity index (χ4n) is 3.61. The summed E-state index contributed by atoms with van der Waals surface area (Å²) >= 11 is 7.58. The zero-order chi connectivity index (χ0) is 18.8. The summed E-state index contributed by atoms with van der Waals surface area (Å²) in [5, 5.41) is 39.9. The summed E-state index contributed by atoms with van der Waals surface area (Å²) in [6.07, 6.45) is -0.128. The standard InChI is InChI=1S/C19H25ClO5S/c1-10-3-2-4-11(7-12(10)8-13-5-6-15(20)26-13)19-18(24)17(23)16(22)14(9-21)25-19/h5-7,14,16-19,21-24H,2-4,8-9H2,1H3/t14?,16-,17?,18-,19?/m1/s1. The molecule has 2 heterocycles. The van der Waals surface area contributed by atoms with Crippen LogP contribution in [0.3, 0.4) is 0 Å². The smallest absolute Gasteiger partial charge is 0.112 e. The van der Waals surface area contributed by atoms with E-state index in [0.29, 0.717) is 0 Å². The van der Waals surface area contributed by atoms with Crippen LogP contribution in [-0.4, -0.2) is 57.6 Å². The van der Waals surface area contributed by atoms with E-state index >= 15 is 0 Å². The van der Waals surface area contributed by atoms with E-state index in [0.717, 1.165) is 46.0 Å². The summed E-state index contributed by atoms with van der Waals surface area (Å²) in [5.41, 5.74) is 3.33. The lowest BCUT2D eigenvalue weighted by Crippen LogP contribution is -2.58. The number of hydrogen-bond donors (Lipinski definition) is 4. The van der Waals surface area contributed by atoms with Gasteiger partial charge in [0.05, 0.1) is 10.9 Å². The van der Waals surface area contributed by atoms with Crippen molar-refractivity contribution in [1.82, 2.24) is 0 Å². The van der Waals surface area contributed by atoms with Crippen LogP contribution in [-0.2, 0) is 11.2 Å². The number of allylic oxidation sites excluding steroid dienone is 3. The van der Waals surface area contributed by atoms with E-state index in [4.69, 9.17) is 16.3 Å². The van der Waals surface area contributed by atoms with Crippen molar-refractivity contribution in [2.24, 2.45) is 0 Å². The molecular formula is C19H25ClO5S. The predicted molar refractivity (Wildman–Crippen MR) is 101 cm³/mol. The number of aliphatic hydroxyl groups excluding tert-OH is 4. The third kappa shape index (κ3) is 4.22. The van der Waals surface area contributed by atoms with Gasteiger partial charge in [-0.1, -0.05) is 23.3 Å².